The summed E-state index contributed by atoms with van der Waals surface area (Å²) < 4.78 is 5.82. The molecule has 0 aromatic carbocycles. The summed E-state index contributed by atoms with van der Waals surface area (Å²) in [6, 6.07) is 3.79. The van der Waals surface area contributed by atoms with Crippen molar-refractivity contribution in [2.45, 2.75) is 0 Å². The van der Waals surface area contributed by atoms with Gasteiger partial charge < -0.3 is 0 Å². The summed E-state index contributed by atoms with van der Waals surface area (Å²) >= 11 is 1.85. The van der Waals surface area contributed by atoms with E-state index in [0.29, 0.717) is 0 Å². The van der Waals surface area contributed by atoms with Gasteiger partial charge in [0.25, 0.3) is 0 Å². The van der Waals surface area contributed by atoms with Crippen molar-refractivity contribution in [1.82, 2.24) is 0 Å². The zero-order chi connectivity index (χ0) is 4.41. The van der Waals surface area contributed by atoms with Gasteiger partial charge in [0.2, 0.25) is 0 Å². The molecule has 0 bridgehead atoms. The first-order valence-electron chi connectivity index (χ1n) is 1.60. The molecular weight excluding hydrogens is 192 g/mol. The van der Waals surface area contributed by atoms with E-state index < -0.39 is 0 Å². The first-order valence-corrected chi connectivity index (χ1v) is 2.76. The van der Waals surface area contributed by atoms with Crippen LogP contribution in [0.5, 0.6) is 0 Å². The zero-order valence-corrected chi connectivity index (χ0v) is 5.38. The summed E-state index contributed by atoms with van der Waals surface area (Å²) in [5, 5.41) is 0. The standard InChI is InChI=1S/C4H3OTe/c6-4-2-1-3-5-4/h1-3H. The van der Waals surface area contributed by atoms with Crippen LogP contribution in [0.4, 0.5) is 0 Å². The van der Waals surface area contributed by atoms with Crippen LogP contribution < -0.4 is 3.81 Å². The summed E-state index contributed by atoms with van der Waals surface area (Å²) in [6.07, 6.45) is 1.66. The maximum absolute atomic E-state index is 4.84. The van der Waals surface area contributed by atoms with Crippen LogP contribution in [0, 0.1) is 0 Å². The molecule has 0 aliphatic heterocycles. The Hall–Kier alpha value is 0.0696. The molecule has 6 heavy (non-hydrogen) atoms. The van der Waals surface area contributed by atoms with Gasteiger partial charge in [0.05, 0.1) is 0 Å². The van der Waals surface area contributed by atoms with Crippen LogP contribution in [-0.4, -0.2) is 22.3 Å². The van der Waals surface area contributed by atoms with Gasteiger partial charge in [-0.15, -0.1) is 0 Å². The third kappa shape index (κ3) is 0.767. The van der Waals surface area contributed by atoms with Gasteiger partial charge in [0.15, 0.2) is 0 Å². The minimum absolute atomic E-state index is 0.978. The van der Waals surface area contributed by atoms with Crippen LogP contribution in [0.3, 0.4) is 0 Å². The predicted octanol–water partition coefficient (Wildman–Crippen LogP) is 0.0734. The fraction of sp³-hybridized carbons (Fsp3) is 0. The second-order valence-corrected chi connectivity index (χ2v) is 2.08. The number of furan rings is 1. The summed E-state index contributed by atoms with van der Waals surface area (Å²) in [5.41, 5.74) is 0. The van der Waals surface area contributed by atoms with Gasteiger partial charge in [-0.2, -0.15) is 0 Å². The Morgan fingerprint density at radius 2 is 2.50 bits per heavy atom. The van der Waals surface area contributed by atoms with Gasteiger partial charge in [-0.1, -0.05) is 0 Å². The Morgan fingerprint density at radius 1 is 1.67 bits per heavy atom. The van der Waals surface area contributed by atoms with E-state index in [0.717, 1.165) is 3.81 Å². The number of rotatable bonds is 0. The molecule has 2 heteroatoms. The molecule has 0 spiro atoms. The third-order valence-electron chi connectivity index (χ3n) is 0.495. The van der Waals surface area contributed by atoms with E-state index in [1.165, 1.54) is 0 Å². The van der Waals surface area contributed by atoms with Crippen LogP contribution in [0.25, 0.3) is 0 Å². The zero-order valence-electron chi connectivity index (χ0n) is 3.05. The second-order valence-electron chi connectivity index (χ2n) is 0.932. The summed E-state index contributed by atoms with van der Waals surface area (Å²) in [5.74, 6) is 0. The van der Waals surface area contributed by atoms with E-state index in [2.05, 4.69) is 0 Å². The Balaban J connectivity index is 3.05. The van der Waals surface area contributed by atoms with Crippen LogP contribution in [0.2, 0.25) is 0 Å². The van der Waals surface area contributed by atoms with Crippen molar-refractivity contribution < 1.29 is 4.42 Å². The van der Waals surface area contributed by atoms with Crippen molar-refractivity contribution >= 4 is 26.1 Å². The topological polar surface area (TPSA) is 13.1 Å². The molecular formula is C4H3OTe. The second kappa shape index (κ2) is 1.68. The SMILES string of the molecule is [Te]c1ccco1. The molecule has 0 amide bonds. The van der Waals surface area contributed by atoms with Crippen molar-refractivity contribution in [2.24, 2.45) is 0 Å². The van der Waals surface area contributed by atoms with E-state index >= 15 is 0 Å². The molecule has 0 atom stereocenters. The van der Waals surface area contributed by atoms with Gasteiger partial charge in [-0.25, -0.2) is 0 Å². The van der Waals surface area contributed by atoms with Gasteiger partial charge in [0, 0.05) is 0 Å². The fourth-order valence-electron chi connectivity index (χ4n) is 0.263. The molecule has 0 aliphatic carbocycles. The van der Waals surface area contributed by atoms with Crippen molar-refractivity contribution in [3.05, 3.63) is 18.4 Å². The normalized spacial score (nSPS) is 8.67. The maximum atomic E-state index is 4.84. The first kappa shape index (κ1) is 4.23. The average molecular weight is 195 g/mol. The summed E-state index contributed by atoms with van der Waals surface area (Å²) in [6.45, 7) is 0. The summed E-state index contributed by atoms with van der Waals surface area (Å²) in [7, 11) is 0. The molecule has 0 saturated carbocycles. The summed E-state index contributed by atoms with van der Waals surface area (Å²) in [4.78, 5) is 0. The van der Waals surface area contributed by atoms with E-state index in [1.54, 1.807) is 6.26 Å². The molecule has 1 heterocycles. The van der Waals surface area contributed by atoms with Gasteiger partial charge in [0.1, 0.15) is 0 Å². The van der Waals surface area contributed by atoms with Crippen molar-refractivity contribution in [3.8, 4) is 0 Å². The molecule has 1 aromatic heterocycles. The van der Waals surface area contributed by atoms with E-state index in [9.17, 15) is 0 Å². The molecule has 0 unspecified atom stereocenters. The predicted molar refractivity (Wildman–Crippen MR) is 24.1 cm³/mol. The Bertz CT molecular complexity index is 111. The molecule has 31 valence electrons. The quantitative estimate of drug-likeness (QED) is 0.533. The molecule has 1 nitrogen and oxygen atoms in total. The van der Waals surface area contributed by atoms with E-state index in [4.69, 9.17) is 4.42 Å². The monoisotopic (exact) mass is 197 g/mol. The molecule has 0 N–H and O–H groups in total. The van der Waals surface area contributed by atoms with E-state index in [1.807, 2.05) is 34.4 Å². The molecule has 0 fully saturated rings. The average Bonchev–Trinajstić information content (AvgIpc) is 1.86. The number of hydrogen-bond acceptors (Lipinski definition) is 1. The van der Waals surface area contributed by atoms with Gasteiger partial charge in [-0.05, 0) is 0 Å². The van der Waals surface area contributed by atoms with Gasteiger partial charge in [-0.3, -0.25) is 0 Å². The van der Waals surface area contributed by atoms with Gasteiger partial charge >= 0.3 is 48.9 Å². The molecule has 0 saturated heterocycles. The van der Waals surface area contributed by atoms with E-state index in [-0.39, 0.29) is 0 Å². The molecule has 1 radical (unpaired) electrons. The molecule has 1 rings (SSSR count). The van der Waals surface area contributed by atoms with Crippen LogP contribution in [0.15, 0.2) is 22.8 Å². The van der Waals surface area contributed by atoms with Crippen LogP contribution >= 0.6 is 0 Å². The van der Waals surface area contributed by atoms with Crippen LogP contribution in [-0.2, 0) is 0 Å². The Labute approximate surface area is 49.2 Å². The Kier molecular flexibility index (Phi) is 1.19. The van der Waals surface area contributed by atoms with Crippen molar-refractivity contribution in [2.75, 3.05) is 0 Å². The van der Waals surface area contributed by atoms with Crippen molar-refractivity contribution in [1.29, 1.82) is 0 Å². The first-order chi connectivity index (χ1) is 2.89. The van der Waals surface area contributed by atoms with Crippen LogP contribution in [0.1, 0.15) is 0 Å². The minimum atomic E-state index is 0.978. The molecule has 1 aromatic rings. The Morgan fingerprint density at radius 3 is 2.67 bits per heavy atom. The van der Waals surface area contributed by atoms with Crippen molar-refractivity contribution in [3.63, 3.8) is 0 Å². The third-order valence-corrected chi connectivity index (χ3v) is 1.16. The molecule has 0 aliphatic rings. The number of hydrogen-bond donors (Lipinski definition) is 0. The fourth-order valence-corrected chi connectivity index (χ4v) is 0.646.